The second-order valence-corrected chi connectivity index (χ2v) is 6.93. The number of ether oxygens (including phenoxy) is 1. The third-order valence-corrected chi connectivity index (χ3v) is 5.18. The Kier molecular flexibility index (Phi) is 4.87. The predicted molar refractivity (Wildman–Crippen MR) is 104 cm³/mol. The van der Waals surface area contributed by atoms with E-state index in [4.69, 9.17) is 4.74 Å². The molecule has 4 heteroatoms. The largest absolute Gasteiger partial charge is 0.379 e. The van der Waals surface area contributed by atoms with Crippen molar-refractivity contribution < 1.29 is 9.53 Å². The van der Waals surface area contributed by atoms with E-state index >= 15 is 0 Å². The van der Waals surface area contributed by atoms with Gasteiger partial charge in [-0.25, -0.2) is 0 Å². The molecule has 1 atom stereocenters. The van der Waals surface area contributed by atoms with Gasteiger partial charge in [0.25, 0.3) is 0 Å². The summed E-state index contributed by atoms with van der Waals surface area (Å²) < 4.78 is 5.42. The van der Waals surface area contributed by atoms with Crippen molar-refractivity contribution in [3.63, 3.8) is 0 Å². The number of morpholine rings is 1. The first-order valence-electron chi connectivity index (χ1n) is 9.19. The Morgan fingerprint density at radius 2 is 1.77 bits per heavy atom. The maximum atomic E-state index is 12.8. The summed E-state index contributed by atoms with van der Waals surface area (Å²) in [5.74, 6) is -0.0374. The van der Waals surface area contributed by atoms with Crippen LogP contribution in [0.25, 0.3) is 5.57 Å². The first-order valence-corrected chi connectivity index (χ1v) is 9.19. The van der Waals surface area contributed by atoms with Crippen molar-refractivity contribution in [2.75, 3.05) is 31.6 Å². The Morgan fingerprint density at radius 3 is 2.54 bits per heavy atom. The lowest BCUT2D eigenvalue weighted by atomic mass is 10.1. The van der Waals surface area contributed by atoms with Crippen LogP contribution in [0.15, 0.2) is 60.2 Å². The van der Waals surface area contributed by atoms with Crippen LogP contribution in [-0.4, -0.2) is 37.1 Å². The van der Waals surface area contributed by atoms with Gasteiger partial charge in [0.15, 0.2) is 0 Å². The van der Waals surface area contributed by atoms with Gasteiger partial charge in [0.1, 0.15) is 0 Å². The van der Waals surface area contributed by atoms with Crippen LogP contribution in [0.4, 0.5) is 5.69 Å². The van der Waals surface area contributed by atoms with Crippen LogP contribution in [0, 0.1) is 5.92 Å². The fourth-order valence-corrected chi connectivity index (χ4v) is 3.66. The normalized spacial score (nSPS) is 20.1. The summed E-state index contributed by atoms with van der Waals surface area (Å²) in [6.45, 7) is 6.31. The molecule has 0 bridgehead atoms. The maximum absolute atomic E-state index is 12.8. The van der Waals surface area contributed by atoms with E-state index in [1.165, 1.54) is 5.57 Å². The summed E-state index contributed by atoms with van der Waals surface area (Å²) in [6.07, 6.45) is 0. The molecule has 2 aliphatic rings. The molecule has 1 saturated heterocycles. The molecule has 0 radical (unpaired) electrons. The van der Waals surface area contributed by atoms with Crippen molar-refractivity contribution in [1.82, 2.24) is 4.90 Å². The monoisotopic (exact) mass is 348 g/mol. The van der Waals surface area contributed by atoms with Crippen LogP contribution in [0.1, 0.15) is 18.1 Å². The van der Waals surface area contributed by atoms with E-state index in [1.807, 2.05) is 43.3 Å². The lowest BCUT2D eigenvalue weighted by molar-refractivity contribution is -0.116. The van der Waals surface area contributed by atoms with E-state index in [0.29, 0.717) is 0 Å². The summed E-state index contributed by atoms with van der Waals surface area (Å²) in [7, 11) is 0. The van der Waals surface area contributed by atoms with Crippen molar-refractivity contribution >= 4 is 17.2 Å². The number of carbonyl (C=O) groups is 1. The number of nitrogens with zero attached hydrogens (tertiary/aromatic N) is 1. The fourth-order valence-electron chi connectivity index (χ4n) is 3.66. The number of carbonyl (C=O) groups excluding carboxylic acids is 1. The second-order valence-electron chi connectivity index (χ2n) is 6.93. The van der Waals surface area contributed by atoms with Crippen molar-refractivity contribution in [3.05, 3.63) is 71.3 Å². The molecule has 0 spiro atoms. The number of para-hydroxylation sites is 1. The summed E-state index contributed by atoms with van der Waals surface area (Å²) in [4.78, 5) is 15.2. The number of nitrogens with one attached hydrogen (secondary N) is 1. The minimum atomic E-state index is -0.103. The molecule has 1 amide bonds. The van der Waals surface area contributed by atoms with Crippen LogP contribution in [0.2, 0.25) is 0 Å². The molecular weight excluding hydrogens is 324 g/mol. The Hall–Kier alpha value is -2.43. The van der Waals surface area contributed by atoms with Crippen LogP contribution < -0.4 is 5.32 Å². The molecule has 2 aromatic carbocycles. The number of anilines is 1. The molecule has 134 valence electrons. The Balaban J connectivity index is 1.44. The number of hydrogen-bond acceptors (Lipinski definition) is 3. The zero-order chi connectivity index (χ0) is 17.9. The molecule has 1 aliphatic carbocycles. The van der Waals surface area contributed by atoms with Crippen molar-refractivity contribution in [1.29, 1.82) is 0 Å². The smallest absolute Gasteiger partial charge is 0.236 e. The molecule has 4 rings (SSSR count). The minimum Gasteiger partial charge on any atom is -0.379 e. The predicted octanol–water partition coefficient (Wildman–Crippen LogP) is 3.56. The van der Waals surface area contributed by atoms with Gasteiger partial charge >= 0.3 is 0 Å². The van der Waals surface area contributed by atoms with E-state index in [0.717, 1.165) is 55.2 Å². The van der Waals surface area contributed by atoms with Gasteiger partial charge in [-0.3, -0.25) is 9.69 Å². The van der Waals surface area contributed by atoms with Crippen LogP contribution in [0.5, 0.6) is 0 Å². The zero-order valence-corrected chi connectivity index (χ0v) is 15.1. The molecule has 0 aromatic heterocycles. The molecule has 1 fully saturated rings. The number of hydrogen-bond donors (Lipinski definition) is 1. The molecule has 4 nitrogen and oxygen atoms in total. The van der Waals surface area contributed by atoms with Crippen molar-refractivity contribution in [2.24, 2.45) is 5.92 Å². The Bertz CT molecular complexity index is 823. The molecule has 1 unspecified atom stereocenters. The molecule has 1 heterocycles. The Labute approximate surface area is 154 Å². The maximum Gasteiger partial charge on any atom is 0.236 e. The van der Waals surface area contributed by atoms with Gasteiger partial charge in [0, 0.05) is 25.3 Å². The third-order valence-electron chi connectivity index (χ3n) is 5.18. The first-order chi connectivity index (χ1) is 12.7. The average Bonchev–Trinajstić information content (AvgIpc) is 3.36. The zero-order valence-electron chi connectivity index (χ0n) is 15.1. The van der Waals surface area contributed by atoms with E-state index in [-0.39, 0.29) is 11.8 Å². The molecule has 0 saturated carbocycles. The van der Waals surface area contributed by atoms with E-state index in [2.05, 4.69) is 28.4 Å². The summed E-state index contributed by atoms with van der Waals surface area (Å²) in [5, 5.41) is 3.15. The SMILES string of the molecule is CC1=C(c2ccccc2)C1C(=O)Nc1ccccc1CN1CCOCC1. The van der Waals surface area contributed by atoms with E-state index < -0.39 is 0 Å². The van der Waals surface area contributed by atoms with Gasteiger partial charge < -0.3 is 10.1 Å². The number of benzene rings is 2. The highest BCUT2D eigenvalue weighted by molar-refractivity contribution is 6.11. The quantitative estimate of drug-likeness (QED) is 0.898. The molecule has 2 aromatic rings. The number of amides is 1. The summed E-state index contributed by atoms with van der Waals surface area (Å²) in [6, 6.07) is 18.3. The summed E-state index contributed by atoms with van der Waals surface area (Å²) >= 11 is 0. The number of rotatable bonds is 5. The first kappa shape index (κ1) is 17.0. The van der Waals surface area contributed by atoms with Crippen LogP contribution in [-0.2, 0) is 16.1 Å². The van der Waals surface area contributed by atoms with Gasteiger partial charge in [-0.15, -0.1) is 0 Å². The summed E-state index contributed by atoms with van der Waals surface area (Å²) in [5.41, 5.74) is 5.54. The standard InChI is InChI=1S/C22H24N2O2/c1-16-20(17-7-3-2-4-8-17)21(16)22(25)23-19-10-6-5-9-18(19)15-24-11-13-26-14-12-24/h2-10,21H,11-15H2,1H3,(H,23,25). The second kappa shape index (κ2) is 7.44. The van der Waals surface area contributed by atoms with E-state index in [9.17, 15) is 4.79 Å². The Morgan fingerprint density at radius 1 is 1.08 bits per heavy atom. The van der Waals surface area contributed by atoms with Gasteiger partial charge in [0.05, 0.1) is 19.1 Å². The lowest BCUT2D eigenvalue weighted by Crippen LogP contribution is -2.35. The van der Waals surface area contributed by atoms with Gasteiger partial charge in [-0.1, -0.05) is 54.1 Å². The van der Waals surface area contributed by atoms with Crippen molar-refractivity contribution in [2.45, 2.75) is 13.5 Å². The lowest BCUT2D eigenvalue weighted by Gasteiger charge is -2.27. The highest BCUT2D eigenvalue weighted by Crippen LogP contribution is 2.47. The fraction of sp³-hybridized carbons (Fsp3) is 0.318. The average molecular weight is 348 g/mol. The van der Waals surface area contributed by atoms with Gasteiger partial charge in [0.2, 0.25) is 5.91 Å². The molecule has 1 aliphatic heterocycles. The van der Waals surface area contributed by atoms with Crippen molar-refractivity contribution in [3.8, 4) is 0 Å². The van der Waals surface area contributed by atoms with E-state index in [1.54, 1.807) is 0 Å². The minimum absolute atomic E-state index is 0.0655. The topological polar surface area (TPSA) is 41.6 Å². The molecule has 26 heavy (non-hydrogen) atoms. The molecule has 1 N–H and O–H groups in total. The van der Waals surface area contributed by atoms with Crippen LogP contribution in [0.3, 0.4) is 0 Å². The van der Waals surface area contributed by atoms with Gasteiger partial charge in [-0.2, -0.15) is 0 Å². The molecular formula is C22H24N2O2. The van der Waals surface area contributed by atoms with Crippen LogP contribution >= 0.6 is 0 Å². The third kappa shape index (κ3) is 3.57. The highest BCUT2D eigenvalue weighted by Gasteiger charge is 2.40. The van der Waals surface area contributed by atoms with Gasteiger partial charge in [-0.05, 0) is 29.7 Å². The highest BCUT2D eigenvalue weighted by atomic mass is 16.5.